The molecule has 1 N–H and O–H groups in total. The number of halogens is 1. The van der Waals surface area contributed by atoms with Crippen LogP contribution in [-0.2, 0) is 9.84 Å². The van der Waals surface area contributed by atoms with Crippen LogP contribution in [0, 0.1) is 10.5 Å². The first-order valence-corrected chi connectivity index (χ1v) is 10.5. The number of piperidine rings is 1. The molecule has 0 bridgehead atoms. The first-order valence-electron chi connectivity index (χ1n) is 7.50. The second kappa shape index (κ2) is 6.18. The maximum absolute atomic E-state index is 12.4. The van der Waals surface area contributed by atoms with Crippen LogP contribution in [0.1, 0.15) is 18.5 Å². The van der Waals surface area contributed by atoms with Crippen molar-refractivity contribution in [3.8, 4) is 0 Å². The van der Waals surface area contributed by atoms with Crippen molar-refractivity contribution in [2.75, 3.05) is 24.2 Å². The summed E-state index contributed by atoms with van der Waals surface area (Å²) in [7, 11) is -3.40. The lowest BCUT2D eigenvalue weighted by Crippen LogP contribution is -2.37. The number of hydrogen-bond acceptors (Lipinski definition) is 5. The number of sulfone groups is 1. The highest BCUT2D eigenvalue weighted by molar-refractivity contribution is 14.1. The second-order valence-electron chi connectivity index (χ2n) is 6.03. The third-order valence-electron chi connectivity index (χ3n) is 4.20. The van der Waals surface area contributed by atoms with Gasteiger partial charge in [0.15, 0.2) is 9.84 Å². The van der Waals surface area contributed by atoms with Crippen LogP contribution in [0.5, 0.6) is 0 Å². The highest BCUT2D eigenvalue weighted by Crippen LogP contribution is 2.37. The third kappa shape index (κ3) is 3.32. The third-order valence-corrected chi connectivity index (χ3v) is 6.10. The van der Waals surface area contributed by atoms with E-state index in [2.05, 4.69) is 32.5 Å². The van der Waals surface area contributed by atoms with E-state index in [1.54, 1.807) is 6.92 Å². The van der Waals surface area contributed by atoms with E-state index >= 15 is 0 Å². The summed E-state index contributed by atoms with van der Waals surface area (Å²) in [5, 5.41) is 10.6. The minimum Gasteiger partial charge on any atom is -0.393 e. The van der Waals surface area contributed by atoms with Gasteiger partial charge in [-0.15, -0.1) is 0 Å². The molecule has 1 saturated heterocycles. The van der Waals surface area contributed by atoms with Gasteiger partial charge in [0.2, 0.25) is 0 Å². The number of aliphatic hydroxyl groups is 1. The number of benzene rings is 1. The van der Waals surface area contributed by atoms with Gasteiger partial charge in [-0.1, -0.05) is 0 Å². The number of pyridine rings is 1. The molecule has 1 aliphatic heterocycles. The van der Waals surface area contributed by atoms with E-state index in [4.69, 9.17) is 0 Å². The van der Waals surface area contributed by atoms with Gasteiger partial charge in [-0.25, -0.2) is 8.42 Å². The Morgan fingerprint density at radius 3 is 2.57 bits per heavy atom. The molecule has 0 amide bonds. The normalized spacial score (nSPS) is 17.0. The van der Waals surface area contributed by atoms with Crippen molar-refractivity contribution in [1.29, 1.82) is 0 Å². The number of aliphatic hydroxyl groups excluding tert-OH is 1. The summed E-state index contributed by atoms with van der Waals surface area (Å²) in [4.78, 5) is 6.88. The molecular formula is C16H19IN2O3S. The molecule has 2 aromatic rings. The molecule has 23 heavy (non-hydrogen) atoms. The Hall–Kier alpha value is -0.930. The van der Waals surface area contributed by atoms with Crippen molar-refractivity contribution in [2.45, 2.75) is 30.8 Å². The first-order chi connectivity index (χ1) is 10.8. The summed E-state index contributed by atoms with van der Waals surface area (Å²) < 4.78 is 25.8. The van der Waals surface area contributed by atoms with Crippen LogP contribution >= 0.6 is 22.6 Å². The minimum absolute atomic E-state index is 0.303. The summed E-state index contributed by atoms with van der Waals surface area (Å²) in [5.41, 5.74) is 2.07. The molecule has 0 unspecified atom stereocenters. The predicted octanol–water partition coefficient (Wildman–Crippen LogP) is 2.51. The van der Waals surface area contributed by atoms with E-state index in [1.807, 2.05) is 18.2 Å². The van der Waals surface area contributed by atoms with E-state index in [0.717, 1.165) is 20.2 Å². The fraction of sp³-hybridized carbons (Fsp3) is 0.438. The zero-order valence-corrected chi connectivity index (χ0v) is 16.1. The van der Waals surface area contributed by atoms with Crippen LogP contribution in [0.3, 0.4) is 0 Å². The smallest absolute Gasteiger partial charge is 0.179 e. The number of nitrogens with zero attached hydrogens (tertiary/aromatic N) is 2. The highest BCUT2D eigenvalue weighted by atomic mass is 127. The molecule has 1 aromatic heterocycles. The quantitative estimate of drug-likeness (QED) is 0.719. The second-order valence-corrected chi connectivity index (χ2v) is 9.23. The standard InChI is InChI=1S/C16H19IN2O3S/c1-10-16(23(2,21)22)15(19-7-5-12(20)6-8-19)13-9-11(17)3-4-14(13)18-10/h3-4,9,12,20H,5-8H2,1-2H3. The summed E-state index contributed by atoms with van der Waals surface area (Å²) in [6.07, 6.45) is 2.23. The van der Waals surface area contributed by atoms with Gasteiger partial charge in [0.1, 0.15) is 4.90 Å². The molecule has 1 fully saturated rings. The van der Waals surface area contributed by atoms with E-state index in [1.165, 1.54) is 6.26 Å². The average Bonchev–Trinajstić information content (AvgIpc) is 2.46. The Balaban J connectivity index is 2.32. The van der Waals surface area contributed by atoms with Gasteiger partial charge < -0.3 is 10.0 Å². The molecule has 5 nitrogen and oxygen atoms in total. The number of aromatic nitrogens is 1. The van der Waals surface area contributed by atoms with E-state index < -0.39 is 9.84 Å². The largest absolute Gasteiger partial charge is 0.393 e. The highest BCUT2D eigenvalue weighted by Gasteiger charge is 2.27. The molecular weight excluding hydrogens is 427 g/mol. The number of rotatable bonds is 2. The van der Waals surface area contributed by atoms with Gasteiger partial charge in [-0.3, -0.25) is 4.98 Å². The first kappa shape index (κ1) is 16.9. The van der Waals surface area contributed by atoms with Gasteiger partial charge in [0.05, 0.1) is 23.0 Å². The lowest BCUT2D eigenvalue weighted by atomic mass is 10.1. The van der Waals surface area contributed by atoms with Gasteiger partial charge in [-0.05, 0) is 60.6 Å². The molecule has 1 aromatic carbocycles. The van der Waals surface area contributed by atoms with Crippen LogP contribution in [0.15, 0.2) is 23.1 Å². The predicted molar refractivity (Wildman–Crippen MR) is 99.8 cm³/mol. The van der Waals surface area contributed by atoms with Crippen molar-refractivity contribution in [3.63, 3.8) is 0 Å². The zero-order valence-electron chi connectivity index (χ0n) is 13.1. The maximum atomic E-state index is 12.4. The zero-order chi connectivity index (χ0) is 16.8. The molecule has 7 heteroatoms. The van der Waals surface area contributed by atoms with Crippen LogP contribution in [0.4, 0.5) is 5.69 Å². The maximum Gasteiger partial charge on any atom is 0.179 e. The SMILES string of the molecule is Cc1nc2ccc(I)cc2c(N2CCC(O)CC2)c1S(C)(=O)=O. The fourth-order valence-corrected chi connectivity index (χ4v) is 4.83. The monoisotopic (exact) mass is 446 g/mol. The molecule has 0 spiro atoms. The Morgan fingerprint density at radius 2 is 1.96 bits per heavy atom. The summed E-state index contributed by atoms with van der Waals surface area (Å²) in [6, 6.07) is 5.88. The Kier molecular flexibility index (Phi) is 4.54. The molecule has 3 rings (SSSR count). The molecule has 124 valence electrons. The lowest BCUT2D eigenvalue weighted by molar-refractivity contribution is 0.145. The van der Waals surface area contributed by atoms with Crippen molar-refractivity contribution >= 4 is 49.0 Å². The summed E-state index contributed by atoms with van der Waals surface area (Å²) in [5.74, 6) is 0. The molecule has 0 radical (unpaired) electrons. The fourth-order valence-electron chi connectivity index (χ4n) is 3.17. The summed E-state index contributed by atoms with van der Waals surface area (Å²) in [6.45, 7) is 3.04. The lowest BCUT2D eigenvalue weighted by Gasteiger charge is -2.33. The minimum atomic E-state index is -3.40. The van der Waals surface area contributed by atoms with Crippen molar-refractivity contribution in [3.05, 3.63) is 27.5 Å². The number of aryl methyl sites for hydroxylation is 1. The Morgan fingerprint density at radius 1 is 1.30 bits per heavy atom. The molecule has 0 saturated carbocycles. The van der Waals surface area contributed by atoms with E-state index in [0.29, 0.717) is 36.5 Å². The Labute approximate surface area is 149 Å². The van der Waals surface area contributed by atoms with Gasteiger partial charge in [0, 0.05) is 28.3 Å². The molecule has 0 atom stereocenters. The van der Waals surface area contributed by atoms with E-state index in [9.17, 15) is 13.5 Å². The molecule has 0 aliphatic carbocycles. The van der Waals surface area contributed by atoms with Crippen LogP contribution < -0.4 is 4.90 Å². The number of hydrogen-bond donors (Lipinski definition) is 1. The van der Waals surface area contributed by atoms with Gasteiger partial charge in [0.25, 0.3) is 0 Å². The molecule has 2 heterocycles. The van der Waals surface area contributed by atoms with Crippen LogP contribution in [-0.4, -0.2) is 44.0 Å². The molecule has 1 aliphatic rings. The van der Waals surface area contributed by atoms with Crippen LogP contribution in [0.2, 0.25) is 0 Å². The number of fused-ring (bicyclic) bond motifs is 1. The van der Waals surface area contributed by atoms with Crippen LogP contribution in [0.25, 0.3) is 10.9 Å². The van der Waals surface area contributed by atoms with Crippen molar-refractivity contribution in [1.82, 2.24) is 4.98 Å². The average molecular weight is 446 g/mol. The van der Waals surface area contributed by atoms with Crippen molar-refractivity contribution in [2.24, 2.45) is 0 Å². The van der Waals surface area contributed by atoms with Crippen molar-refractivity contribution < 1.29 is 13.5 Å². The summed E-state index contributed by atoms with van der Waals surface area (Å²) >= 11 is 2.22. The number of anilines is 1. The van der Waals surface area contributed by atoms with Gasteiger partial charge >= 0.3 is 0 Å². The van der Waals surface area contributed by atoms with E-state index in [-0.39, 0.29) is 6.10 Å². The topological polar surface area (TPSA) is 70.5 Å². The Bertz CT molecular complexity index is 859. The van der Waals surface area contributed by atoms with Gasteiger partial charge in [-0.2, -0.15) is 0 Å².